The van der Waals surface area contributed by atoms with Gasteiger partial charge in [-0.3, -0.25) is 19.5 Å². The van der Waals surface area contributed by atoms with Gasteiger partial charge in [0, 0.05) is 16.9 Å². The van der Waals surface area contributed by atoms with Crippen molar-refractivity contribution in [2.24, 2.45) is 0 Å². The number of nitrogens with zero attached hydrogens (tertiary/aromatic N) is 2. The molecule has 0 bridgehead atoms. The Morgan fingerprint density at radius 2 is 1.87 bits per heavy atom. The zero-order valence-corrected chi connectivity index (χ0v) is 17.0. The number of ether oxygens (including phenoxy) is 1. The van der Waals surface area contributed by atoms with Crippen LogP contribution in [0, 0.1) is 5.82 Å². The molecule has 156 valence electrons. The number of anilines is 1. The average Bonchev–Trinajstić information content (AvgIpc) is 3.05. The maximum absolute atomic E-state index is 13.5. The lowest BCUT2D eigenvalue weighted by molar-refractivity contribution is -0.132. The van der Waals surface area contributed by atoms with Gasteiger partial charge in [0.15, 0.2) is 0 Å². The van der Waals surface area contributed by atoms with Crippen molar-refractivity contribution < 1.29 is 23.8 Å². The standard InChI is InChI=1S/C23H16ClFN2O4/c1-31-18-10-5-13(24)12-16(18)21(28)19-20(17-4-2-3-11-26-17)27(23(30)22(19)29)15-8-6-14(25)7-9-15/h2-12,20,28H,1H3/b21-19+. The highest BCUT2D eigenvalue weighted by atomic mass is 35.5. The molecule has 3 aromatic rings. The van der Waals surface area contributed by atoms with Gasteiger partial charge in [-0.25, -0.2) is 4.39 Å². The van der Waals surface area contributed by atoms with Crippen LogP contribution in [0.4, 0.5) is 10.1 Å². The maximum Gasteiger partial charge on any atom is 0.300 e. The van der Waals surface area contributed by atoms with Gasteiger partial charge in [0.25, 0.3) is 11.7 Å². The number of aliphatic hydroxyl groups excluding tert-OH is 1. The van der Waals surface area contributed by atoms with Gasteiger partial charge in [-0.15, -0.1) is 0 Å². The van der Waals surface area contributed by atoms with E-state index in [0.717, 1.165) is 0 Å². The predicted octanol–water partition coefficient (Wildman–Crippen LogP) is 4.51. The number of carbonyl (C=O) groups is 2. The molecule has 1 aromatic heterocycles. The number of Topliss-reactive ketones (excluding diaryl/α,β-unsaturated/α-hetero) is 1. The van der Waals surface area contributed by atoms with Crippen LogP contribution in [0.5, 0.6) is 5.75 Å². The average molecular weight is 439 g/mol. The summed E-state index contributed by atoms with van der Waals surface area (Å²) in [5.41, 5.74) is 0.631. The minimum atomic E-state index is -1.03. The normalized spacial score (nSPS) is 17.8. The van der Waals surface area contributed by atoms with Crippen LogP contribution < -0.4 is 9.64 Å². The van der Waals surface area contributed by atoms with E-state index >= 15 is 0 Å². The number of ketones is 1. The van der Waals surface area contributed by atoms with E-state index in [1.165, 1.54) is 48.5 Å². The fourth-order valence-corrected chi connectivity index (χ4v) is 3.70. The summed E-state index contributed by atoms with van der Waals surface area (Å²) >= 11 is 6.08. The number of hydrogen-bond acceptors (Lipinski definition) is 5. The molecular weight excluding hydrogens is 423 g/mol. The Labute approximate surface area is 182 Å². The first-order valence-corrected chi connectivity index (χ1v) is 9.61. The van der Waals surface area contributed by atoms with Crippen molar-refractivity contribution in [1.29, 1.82) is 0 Å². The summed E-state index contributed by atoms with van der Waals surface area (Å²) in [5, 5.41) is 11.4. The second-order valence-corrected chi connectivity index (χ2v) is 7.18. The number of aliphatic hydroxyl groups is 1. The smallest absolute Gasteiger partial charge is 0.300 e. The first kappa shape index (κ1) is 20.6. The predicted molar refractivity (Wildman–Crippen MR) is 113 cm³/mol. The Hall–Kier alpha value is -3.71. The third-order valence-electron chi connectivity index (χ3n) is 4.93. The molecule has 1 N–H and O–H groups in total. The van der Waals surface area contributed by atoms with E-state index in [-0.39, 0.29) is 22.6 Å². The van der Waals surface area contributed by atoms with Crippen molar-refractivity contribution in [1.82, 2.24) is 4.98 Å². The molecule has 2 heterocycles. The molecule has 1 aliphatic heterocycles. The number of aromatic nitrogens is 1. The fraction of sp³-hybridized carbons (Fsp3) is 0.0870. The Morgan fingerprint density at radius 1 is 1.13 bits per heavy atom. The van der Waals surface area contributed by atoms with E-state index in [9.17, 15) is 19.1 Å². The van der Waals surface area contributed by atoms with Crippen molar-refractivity contribution >= 4 is 34.7 Å². The molecule has 8 heteroatoms. The summed E-state index contributed by atoms with van der Waals surface area (Å²) in [4.78, 5) is 31.5. The van der Waals surface area contributed by atoms with Crippen molar-refractivity contribution in [2.75, 3.05) is 12.0 Å². The molecule has 0 saturated carbocycles. The number of methoxy groups -OCH3 is 1. The van der Waals surface area contributed by atoms with Gasteiger partial charge in [-0.1, -0.05) is 17.7 Å². The highest BCUT2D eigenvalue weighted by molar-refractivity contribution is 6.51. The molecule has 1 unspecified atom stereocenters. The molecule has 1 aliphatic rings. The Morgan fingerprint density at radius 3 is 2.52 bits per heavy atom. The second-order valence-electron chi connectivity index (χ2n) is 6.74. The number of benzene rings is 2. The van der Waals surface area contributed by atoms with Crippen LogP contribution in [0.15, 0.2) is 72.4 Å². The molecule has 31 heavy (non-hydrogen) atoms. The van der Waals surface area contributed by atoms with Gasteiger partial charge >= 0.3 is 0 Å². The SMILES string of the molecule is COc1ccc(Cl)cc1/C(O)=C1\C(=O)C(=O)N(c2ccc(F)cc2)C1c1ccccn1. The fourth-order valence-electron chi connectivity index (χ4n) is 3.53. The van der Waals surface area contributed by atoms with Crippen LogP contribution in [0.1, 0.15) is 17.3 Å². The Bertz CT molecular complexity index is 1200. The van der Waals surface area contributed by atoms with Crippen molar-refractivity contribution in [3.05, 3.63) is 94.5 Å². The molecule has 1 atom stereocenters. The number of hydrogen-bond donors (Lipinski definition) is 1. The largest absolute Gasteiger partial charge is 0.507 e. The highest BCUT2D eigenvalue weighted by Crippen LogP contribution is 2.42. The van der Waals surface area contributed by atoms with E-state index in [2.05, 4.69) is 4.98 Å². The van der Waals surface area contributed by atoms with E-state index < -0.39 is 29.3 Å². The molecule has 0 spiro atoms. The van der Waals surface area contributed by atoms with Crippen molar-refractivity contribution in [3.8, 4) is 5.75 Å². The topological polar surface area (TPSA) is 79.7 Å². The first-order valence-electron chi connectivity index (χ1n) is 9.23. The molecule has 1 saturated heterocycles. The highest BCUT2D eigenvalue weighted by Gasteiger charge is 2.47. The number of halogens is 2. The molecule has 2 aromatic carbocycles. The number of pyridine rings is 1. The van der Waals surface area contributed by atoms with Crippen LogP contribution >= 0.6 is 11.6 Å². The summed E-state index contributed by atoms with van der Waals surface area (Å²) in [6, 6.07) is 13.7. The Balaban J connectivity index is 1.97. The number of carbonyl (C=O) groups excluding carboxylic acids is 2. The van der Waals surface area contributed by atoms with E-state index in [1.54, 1.807) is 30.3 Å². The van der Waals surface area contributed by atoms with Crippen LogP contribution in [0.2, 0.25) is 5.02 Å². The maximum atomic E-state index is 13.5. The van der Waals surface area contributed by atoms with Gasteiger partial charge in [0.05, 0.1) is 23.9 Å². The van der Waals surface area contributed by atoms with Crippen LogP contribution in [-0.2, 0) is 9.59 Å². The van der Waals surface area contributed by atoms with Crippen LogP contribution in [0.3, 0.4) is 0 Å². The lowest BCUT2D eigenvalue weighted by Crippen LogP contribution is -2.29. The molecule has 1 fully saturated rings. The molecule has 1 amide bonds. The van der Waals surface area contributed by atoms with Gasteiger partial charge < -0.3 is 9.84 Å². The van der Waals surface area contributed by atoms with E-state index in [0.29, 0.717) is 10.7 Å². The lowest BCUT2D eigenvalue weighted by Gasteiger charge is -2.24. The minimum Gasteiger partial charge on any atom is -0.507 e. The third kappa shape index (κ3) is 3.64. The molecule has 4 rings (SSSR count). The second kappa shape index (κ2) is 8.20. The summed E-state index contributed by atoms with van der Waals surface area (Å²) in [5.74, 6) is -2.43. The summed E-state index contributed by atoms with van der Waals surface area (Å²) in [6.45, 7) is 0. The van der Waals surface area contributed by atoms with Gasteiger partial charge in [0.1, 0.15) is 23.4 Å². The third-order valence-corrected chi connectivity index (χ3v) is 5.17. The summed E-state index contributed by atoms with van der Waals surface area (Å²) < 4.78 is 18.7. The lowest BCUT2D eigenvalue weighted by atomic mass is 9.97. The molecule has 0 radical (unpaired) electrons. The molecule has 6 nitrogen and oxygen atoms in total. The van der Waals surface area contributed by atoms with Crippen LogP contribution in [-0.4, -0.2) is 28.9 Å². The van der Waals surface area contributed by atoms with Gasteiger partial charge in [-0.2, -0.15) is 0 Å². The zero-order valence-electron chi connectivity index (χ0n) is 16.3. The van der Waals surface area contributed by atoms with Crippen molar-refractivity contribution in [2.45, 2.75) is 6.04 Å². The Kier molecular flexibility index (Phi) is 5.44. The van der Waals surface area contributed by atoms with E-state index in [1.807, 2.05) is 0 Å². The summed E-state index contributed by atoms with van der Waals surface area (Å²) in [7, 11) is 1.41. The van der Waals surface area contributed by atoms with Gasteiger partial charge in [0.2, 0.25) is 0 Å². The van der Waals surface area contributed by atoms with Crippen LogP contribution in [0.25, 0.3) is 5.76 Å². The van der Waals surface area contributed by atoms with Gasteiger partial charge in [-0.05, 0) is 54.6 Å². The van der Waals surface area contributed by atoms with E-state index in [4.69, 9.17) is 16.3 Å². The monoisotopic (exact) mass is 438 g/mol. The molecular formula is C23H16ClFN2O4. The zero-order chi connectivity index (χ0) is 22.1. The number of rotatable bonds is 4. The first-order chi connectivity index (χ1) is 14.9. The number of amides is 1. The molecule has 0 aliphatic carbocycles. The minimum absolute atomic E-state index is 0.160. The quantitative estimate of drug-likeness (QED) is 0.368. The summed E-state index contributed by atoms with van der Waals surface area (Å²) in [6.07, 6.45) is 1.51. The van der Waals surface area contributed by atoms with Crippen molar-refractivity contribution in [3.63, 3.8) is 0 Å².